The van der Waals surface area contributed by atoms with Gasteiger partial charge in [-0.15, -0.1) is 5.10 Å². The molecule has 0 aliphatic carbocycles. The molecule has 3 rings (SSSR count). The van der Waals surface area contributed by atoms with Crippen LogP contribution in [0.1, 0.15) is 17.0 Å². The number of rotatable bonds is 6. The Morgan fingerprint density at radius 1 is 1.11 bits per heavy atom. The summed E-state index contributed by atoms with van der Waals surface area (Å²) in [6.45, 7) is 3.66. The number of hydrogen-bond acceptors (Lipinski definition) is 8. The minimum absolute atomic E-state index is 0.108. The Balaban J connectivity index is 1.88. The fourth-order valence-corrected chi connectivity index (χ4v) is 3.00. The Bertz CT molecular complexity index is 1020. The van der Waals surface area contributed by atoms with Gasteiger partial charge in [0.05, 0.1) is 27.8 Å². The molecule has 3 N–H and O–H groups in total. The molecule has 28 heavy (non-hydrogen) atoms. The molecule has 0 radical (unpaired) electrons. The summed E-state index contributed by atoms with van der Waals surface area (Å²) >= 11 is 0. The zero-order chi connectivity index (χ0) is 20.4. The van der Waals surface area contributed by atoms with Gasteiger partial charge in [-0.1, -0.05) is 0 Å². The monoisotopic (exact) mass is 386 g/mol. The summed E-state index contributed by atoms with van der Waals surface area (Å²) in [5.74, 6) is 1.66. The number of amides is 1. The van der Waals surface area contributed by atoms with Crippen molar-refractivity contribution in [3.8, 4) is 17.2 Å². The van der Waals surface area contributed by atoms with Crippen molar-refractivity contribution in [1.29, 1.82) is 0 Å². The number of nitrogens with two attached hydrogens (primary N) is 1. The van der Waals surface area contributed by atoms with Gasteiger partial charge in [0, 0.05) is 34.8 Å². The number of anilines is 2. The fourth-order valence-electron chi connectivity index (χ4n) is 3.00. The molecule has 0 unspecified atom stereocenters. The molecule has 3 aromatic rings. The first-order chi connectivity index (χ1) is 13.4. The summed E-state index contributed by atoms with van der Waals surface area (Å²) in [4.78, 5) is 21.1. The van der Waals surface area contributed by atoms with Crippen LogP contribution in [0.5, 0.6) is 17.2 Å². The number of nitrogens with one attached hydrogen (secondary N) is 1. The highest BCUT2D eigenvalue weighted by Crippen LogP contribution is 2.39. The lowest BCUT2D eigenvalue weighted by Gasteiger charge is -2.15. The number of fused-ring (bicyclic) bond motifs is 1. The van der Waals surface area contributed by atoms with E-state index in [1.165, 1.54) is 25.8 Å². The van der Waals surface area contributed by atoms with Crippen LogP contribution in [0.2, 0.25) is 0 Å². The average Bonchev–Trinajstić information content (AvgIpc) is 3.04. The number of nitrogen functional groups attached to an aromatic ring is 1. The maximum Gasteiger partial charge on any atom is 0.254 e. The molecule has 0 aliphatic heterocycles. The van der Waals surface area contributed by atoms with Gasteiger partial charge >= 0.3 is 0 Å². The van der Waals surface area contributed by atoms with Crippen LogP contribution >= 0.6 is 0 Å². The standard InChI is InChI=1S/C18H22N6O4/c1-9-12(10(2)24-18(20-9)22-17(19)23-24)8-15(25)21-11-6-13(26-3)16(28-5)14(7-11)27-4/h6-7H,8H2,1-5H3,(H2,19,23)(H,21,25). The van der Waals surface area contributed by atoms with Crippen molar-refractivity contribution in [3.63, 3.8) is 0 Å². The van der Waals surface area contributed by atoms with Crippen LogP contribution in [0.15, 0.2) is 12.1 Å². The molecule has 0 saturated carbocycles. The summed E-state index contributed by atoms with van der Waals surface area (Å²) in [6.07, 6.45) is 0.108. The van der Waals surface area contributed by atoms with Gasteiger partial charge in [0.1, 0.15) is 0 Å². The van der Waals surface area contributed by atoms with Crippen LogP contribution in [-0.2, 0) is 11.2 Å². The molecular weight excluding hydrogens is 364 g/mol. The van der Waals surface area contributed by atoms with E-state index < -0.39 is 0 Å². The molecule has 10 heteroatoms. The van der Waals surface area contributed by atoms with Gasteiger partial charge in [0.15, 0.2) is 11.5 Å². The van der Waals surface area contributed by atoms with Gasteiger partial charge in [-0.25, -0.2) is 4.98 Å². The van der Waals surface area contributed by atoms with Crippen molar-refractivity contribution in [2.75, 3.05) is 32.4 Å². The number of aryl methyl sites for hydroxylation is 2. The summed E-state index contributed by atoms with van der Waals surface area (Å²) < 4.78 is 17.4. The second-order valence-corrected chi connectivity index (χ2v) is 6.08. The van der Waals surface area contributed by atoms with Crippen molar-refractivity contribution < 1.29 is 19.0 Å². The van der Waals surface area contributed by atoms with E-state index in [0.29, 0.717) is 34.4 Å². The number of carbonyl (C=O) groups excluding carboxylic acids is 1. The zero-order valence-corrected chi connectivity index (χ0v) is 16.4. The first-order valence-corrected chi connectivity index (χ1v) is 8.46. The minimum Gasteiger partial charge on any atom is -0.493 e. The Hall–Kier alpha value is -3.56. The highest BCUT2D eigenvalue weighted by molar-refractivity contribution is 5.93. The van der Waals surface area contributed by atoms with Crippen LogP contribution in [-0.4, -0.2) is 46.8 Å². The van der Waals surface area contributed by atoms with Gasteiger partial charge in [-0.05, 0) is 13.8 Å². The van der Waals surface area contributed by atoms with E-state index in [1.807, 2.05) is 13.8 Å². The van der Waals surface area contributed by atoms with Gasteiger partial charge in [-0.3, -0.25) is 4.79 Å². The number of nitrogens with zero attached hydrogens (tertiary/aromatic N) is 4. The Morgan fingerprint density at radius 2 is 1.75 bits per heavy atom. The Labute approximate surface area is 161 Å². The number of carbonyl (C=O) groups is 1. The SMILES string of the molecule is COc1cc(NC(=O)Cc2c(C)nc3nc(N)nn3c2C)cc(OC)c1OC. The fraction of sp³-hybridized carbons (Fsp3) is 0.333. The van der Waals surface area contributed by atoms with E-state index in [9.17, 15) is 4.79 Å². The third-order valence-corrected chi connectivity index (χ3v) is 4.35. The second kappa shape index (κ2) is 7.59. The number of methoxy groups -OCH3 is 3. The Kier molecular flexibility index (Phi) is 5.21. The normalized spacial score (nSPS) is 10.8. The zero-order valence-electron chi connectivity index (χ0n) is 16.4. The van der Waals surface area contributed by atoms with Crippen LogP contribution < -0.4 is 25.3 Å². The van der Waals surface area contributed by atoms with Gasteiger partial charge in [-0.2, -0.15) is 9.50 Å². The maximum atomic E-state index is 12.7. The predicted molar refractivity (Wildman–Crippen MR) is 103 cm³/mol. The van der Waals surface area contributed by atoms with E-state index in [1.54, 1.807) is 12.1 Å². The summed E-state index contributed by atoms with van der Waals surface area (Å²) in [6, 6.07) is 3.33. The molecule has 0 atom stereocenters. The first kappa shape index (κ1) is 19.2. The third kappa shape index (κ3) is 3.48. The molecule has 2 aromatic heterocycles. The smallest absolute Gasteiger partial charge is 0.254 e. The lowest BCUT2D eigenvalue weighted by molar-refractivity contribution is -0.115. The van der Waals surface area contributed by atoms with E-state index in [4.69, 9.17) is 19.9 Å². The molecule has 10 nitrogen and oxygen atoms in total. The number of aromatic nitrogens is 4. The second-order valence-electron chi connectivity index (χ2n) is 6.08. The van der Waals surface area contributed by atoms with Crippen LogP contribution in [0.3, 0.4) is 0 Å². The van der Waals surface area contributed by atoms with E-state index in [0.717, 1.165) is 11.3 Å². The molecular formula is C18H22N6O4. The van der Waals surface area contributed by atoms with E-state index in [-0.39, 0.29) is 18.3 Å². The van der Waals surface area contributed by atoms with Crippen molar-refractivity contribution >= 4 is 23.3 Å². The molecule has 2 heterocycles. The predicted octanol–water partition coefficient (Wildman–Crippen LogP) is 1.53. The number of benzene rings is 1. The average molecular weight is 386 g/mol. The van der Waals surface area contributed by atoms with E-state index >= 15 is 0 Å². The molecule has 148 valence electrons. The molecule has 0 fully saturated rings. The van der Waals surface area contributed by atoms with Crippen LogP contribution in [0.4, 0.5) is 11.6 Å². The molecule has 1 aromatic carbocycles. The molecule has 1 amide bonds. The Morgan fingerprint density at radius 3 is 2.32 bits per heavy atom. The van der Waals surface area contributed by atoms with Crippen LogP contribution in [0, 0.1) is 13.8 Å². The maximum absolute atomic E-state index is 12.7. The lowest BCUT2D eigenvalue weighted by Crippen LogP contribution is -2.18. The quantitative estimate of drug-likeness (QED) is 0.653. The highest BCUT2D eigenvalue weighted by atomic mass is 16.5. The van der Waals surface area contributed by atoms with Gasteiger partial charge in [0.25, 0.3) is 5.78 Å². The lowest BCUT2D eigenvalue weighted by atomic mass is 10.1. The van der Waals surface area contributed by atoms with Crippen molar-refractivity contribution in [2.45, 2.75) is 20.3 Å². The van der Waals surface area contributed by atoms with E-state index in [2.05, 4.69) is 20.4 Å². The number of ether oxygens (including phenoxy) is 3. The molecule has 0 saturated heterocycles. The molecule has 0 bridgehead atoms. The van der Waals surface area contributed by atoms with Crippen molar-refractivity contribution in [2.24, 2.45) is 0 Å². The number of hydrogen-bond donors (Lipinski definition) is 2. The molecule has 0 spiro atoms. The minimum atomic E-state index is -0.227. The summed E-state index contributed by atoms with van der Waals surface area (Å²) in [7, 11) is 4.55. The van der Waals surface area contributed by atoms with Crippen LogP contribution in [0.25, 0.3) is 5.78 Å². The van der Waals surface area contributed by atoms with Crippen molar-refractivity contribution in [3.05, 3.63) is 29.1 Å². The highest BCUT2D eigenvalue weighted by Gasteiger charge is 2.18. The topological polar surface area (TPSA) is 126 Å². The summed E-state index contributed by atoms with van der Waals surface area (Å²) in [5.41, 5.74) is 8.37. The first-order valence-electron chi connectivity index (χ1n) is 8.46. The largest absolute Gasteiger partial charge is 0.493 e. The van der Waals surface area contributed by atoms with Gasteiger partial charge in [0.2, 0.25) is 17.6 Å². The van der Waals surface area contributed by atoms with Gasteiger partial charge < -0.3 is 25.3 Å². The summed E-state index contributed by atoms with van der Waals surface area (Å²) in [5, 5.41) is 6.96. The third-order valence-electron chi connectivity index (χ3n) is 4.35. The van der Waals surface area contributed by atoms with Crippen molar-refractivity contribution in [1.82, 2.24) is 19.6 Å². The molecule has 0 aliphatic rings.